The molecule has 0 aliphatic carbocycles. The minimum Gasteiger partial charge on any atom is -0.496 e. The Morgan fingerprint density at radius 2 is 2.00 bits per heavy atom. The number of methoxy groups -OCH3 is 1. The molecule has 2 aromatic rings. The molecule has 3 rings (SSSR count). The van der Waals surface area contributed by atoms with Crippen LogP contribution in [0.1, 0.15) is 22.8 Å². The molecule has 22 heavy (non-hydrogen) atoms. The smallest absolute Gasteiger partial charge is 0.255 e. The maximum absolute atomic E-state index is 12.3. The van der Waals surface area contributed by atoms with E-state index < -0.39 is 0 Å². The van der Waals surface area contributed by atoms with Gasteiger partial charge in [0.2, 0.25) is 6.79 Å². The maximum atomic E-state index is 12.3. The summed E-state index contributed by atoms with van der Waals surface area (Å²) in [6.45, 7) is 2.24. The molecule has 0 saturated carbocycles. The van der Waals surface area contributed by atoms with Crippen molar-refractivity contribution in [1.29, 1.82) is 0 Å². The number of hydrogen-bond acceptors (Lipinski definition) is 4. The molecular formula is C17H17NO4. The van der Waals surface area contributed by atoms with E-state index in [9.17, 15) is 4.79 Å². The number of carbonyl (C=O) groups excluding carboxylic acids is 1. The molecule has 0 fully saturated rings. The number of aryl methyl sites for hydroxylation is 1. The van der Waals surface area contributed by atoms with E-state index in [-0.39, 0.29) is 12.7 Å². The third kappa shape index (κ3) is 2.70. The number of hydrogen-bond donors (Lipinski definition) is 1. The van der Waals surface area contributed by atoms with Gasteiger partial charge in [0.1, 0.15) is 5.75 Å². The minimum atomic E-state index is -0.189. The van der Waals surface area contributed by atoms with E-state index in [2.05, 4.69) is 5.32 Å². The van der Waals surface area contributed by atoms with Crippen molar-refractivity contribution in [1.82, 2.24) is 0 Å². The molecule has 1 aliphatic heterocycles. The van der Waals surface area contributed by atoms with E-state index in [1.165, 1.54) is 0 Å². The van der Waals surface area contributed by atoms with Crippen molar-refractivity contribution in [3.8, 4) is 17.2 Å². The second-order valence-electron chi connectivity index (χ2n) is 4.90. The molecule has 2 aromatic carbocycles. The molecule has 114 valence electrons. The van der Waals surface area contributed by atoms with Crippen LogP contribution in [0.3, 0.4) is 0 Å². The van der Waals surface area contributed by atoms with Gasteiger partial charge in [0.15, 0.2) is 11.5 Å². The Kier molecular flexibility index (Phi) is 3.87. The first-order valence-electron chi connectivity index (χ1n) is 7.09. The lowest BCUT2D eigenvalue weighted by Crippen LogP contribution is -2.12. The summed E-state index contributed by atoms with van der Waals surface area (Å²) in [4.78, 5) is 12.3. The van der Waals surface area contributed by atoms with E-state index in [4.69, 9.17) is 14.2 Å². The normalized spacial score (nSPS) is 12.1. The van der Waals surface area contributed by atoms with Crippen molar-refractivity contribution >= 4 is 11.6 Å². The number of amides is 1. The molecule has 1 N–H and O–H groups in total. The number of ether oxygens (including phenoxy) is 3. The van der Waals surface area contributed by atoms with Gasteiger partial charge in [-0.2, -0.15) is 0 Å². The minimum absolute atomic E-state index is 0.189. The lowest BCUT2D eigenvalue weighted by Gasteiger charge is -2.10. The van der Waals surface area contributed by atoms with Crippen LogP contribution in [0, 0.1) is 0 Å². The van der Waals surface area contributed by atoms with Crippen LogP contribution in [-0.4, -0.2) is 19.8 Å². The van der Waals surface area contributed by atoms with Crippen LogP contribution in [0.15, 0.2) is 36.4 Å². The van der Waals surface area contributed by atoms with Gasteiger partial charge >= 0.3 is 0 Å². The highest BCUT2D eigenvalue weighted by molar-refractivity contribution is 6.04. The van der Waals surface area contributed by atoms with Gasteiger partial charge in [-0.1, -0.05) is 6.92 Å². The molecule has 0 bridgehead atoms. The van der Waals surface area contributed by atoms with Crippen molar-refractivity contribution in [2.24, 2.45) is 0 Å². The Hall–Kier alpha value is -2.69. The van der Waals surface area contributed by atoms with E-state index >= 15 is 0 Å². The van der Waals surface area contributed by atoms with Gasteiger partial charge in [0, 0.05) is 11.3 Å². The number of anilines is 1. The third-order valence-corrected chi connectivity index (χ3v) is 3.55. The lowest BCUT2D eigenvalue weighted by molar-refractivity contribution is 0.102. The number of benzene rings is 2. The van der Waals surface area contributed by atoms with Crippen LogP contribution in [0.5, 0.6) is 17.2 Å². The number of rotatable bonds is 4. The van der Waals surface area contributed by atoms with Crippen LogP contribution in [-0.2, 0) is 6.42 Å². The monoisotopic (exact) mass is 299 g/mol. The van der Waals surface area contributed by atoms with E-state index in [0.29, 0.717) is 17.1 Å². The molecule has 0 saturated heterocycles. The fraction of sp³-hybridized carbons (Fsp3) is 0.235. The highest BCUT2D eigenvalue weighted by Crippen LogP contribution is 2.32. The summed E-state index contributed by atoms with van der Waals surface area (Å²) in [6.07, 6.45) is 0.830. The van der Waals surface area contributed by atoms with Crippen LogP contribution in [0.25, 0.3) is 0 Å². The van der Waals surface area contributed by atoms with Gasteiger partial charge in [-0.15, -0.1) is 0 Å². The Balaban J connectivity index is 1.79. The SMILES string of the molecule is CCc1cc(NC(=O)c2ccc3c(c2)OCO3)ccc1OC. The third-order valence-electron chi connectivity index (χ3n) is 3.55. The summed E-state index contributed by atoms with van der Waals surface area (Å²) in [5.41, 5.74) is 2.31. The Labute approximate surface area is 128 Å². The topological polar surface area (TPSA) is 56.8 Å². The van der Waals surface area contributed by atoms with E-state index in [0.717, 1.165) is 23.4 Å². The van der Waals surface area contributed by atoms with Gasteiger partial charge in [0.25, 0.3) is 5.91 Å². The zero-order valence-electron chi connectivity index (χ0n) is 12.5. The largest absolute Gasteiger partial charge is 0.496 e. The quantitative estimate of drug-likeness (QED) is 0.941. The van der Waals surface area contributed by atoms with E-state index in [1.807, 2.05) is 25.1 Å². The molecular weight excluding hydrogens is 282 g/mol. The number of carbonyl (C=O) groups is 1. The Bertz CT molecular complexity index is 712. The zero-order valence-corrected chi connectivity index (χ0v) is 12.5. The molecule has 0 unspecified atom stereocenters. The standard InChI is InChI=1S/C17H17NO4/c1-3-11-8-13(5-7-14(11)20-2)18-17(19)12-4-6-15-16(9-12)22-10-21-15/h4-9H,3,10H2,1-2H3,(H,18,19). The van der Waals surface area contributed by atoms with Crippen molar-refractivity contribution < 1.29 is 19.0 Å². The predicted octanol–water partition coefficient (Wildman–Crippen LogP) is 3.24. The Morgan fingerprint density at radius 1 is 1.18 bits per heavy atom. The summed E-state index contributed by atoms with van der Waals surface area (Å²) in [6, 6.07) is 10.7. The van der Waals surface area contributed by atoms with Crippen LogP contribution < -0.4 is 19.5 Å². The van der Waals surface area contributed by atoms with Crippen LogP contribution in [0.4, 0.5) is 5.69 Å². The molecule has 1 aliphatic rings. The summed E-state index contributed by atoms with van der Waals surface area (Å²) in [5.74, 6) is 1.89. The summed E-state index contributed by atoms with van der Waals surface area (Å²) < 4.78 is 15.8. The van der Waals surface area contributed by atoms with Crippen molar-refractivity contribution in [3.63, 3.8) is 0 Å². The second kappa shape index (κ2) is 5.97. The molecule has 0 atom stereocenters. The first-order chi connectivity index (χ1) is 10.7. The van der Waals surface area contributed by atoms with Crippen molar-refractivity contribution in [2.45, 2.75) is 13.3 Å². The lowest BCUT2D eigenvalue weighted by atomic mass is 10.1. The molecule has 5 nitrogen and oxygen atoms in total. The summed E-state index contributed by atoms with van der Waals surface area (Å²) >= 11 is 0. The zero-order chi connectivity index (χ0) is 15.5. The van der Waals surface area contributed by atoms with Crippen molar-refractivity contribution in [2.75, 3.05) is 19.2 Å². The van der Waals surface area contributed by atoms with Crippen molar-refractivity contribution in [3.05, 3.63) is 47.5 Å². The fourth-order valence-electron chi connectivity index (χ4n) is 2.37. The summed E-state index contributed by atoms with van der Waals surface area (Å²) in [5, 5.41) is 2.88. The van der Waals surface area contributed by atoms with E-state index in [1.54, 1.807) is 25.3 Å². The highest BCUT2D eigenvalue weighted by atomic mass is 16.7. The average Bonchev–Trinajstić information content (AvgIpc) is 3.02. The van der Waals surface area contributed by atoms with Gasteiger partial charge in [-0.05, 0) is 48.4 Å². The fourth-order valence-corrected chi connectivity index (χ4v) is 2.37. The molecule has 0 spiro atoms. The average molecular weight is 299 g/mol. The highest BCUT2D eigenvalue weighted by Gasteiger charge is 2.16. The number of fused-ring (bicyclic) bond motifs is 1. The molecule has 0 radical (unpaired) electrons. The van der Waals surface area contributed by atoms with Crippen LogP contribution >= 0.6 is 0 Å². The summed E-state index contributed by atoms with van der Waals surface area (Å²) in [7, 11) is 1.64. The molecule has 1 heterocycles. The van der Waals surface area contributed by atoms with Gasteiger partial charge in [0.05, 0.1) is 7.11 Å². The number of nitrogens with one attached hydrogen (secondary N) is 1. The molecule has 5 heteroatoms. The first-order valence-corrected chi connectivity index (χ1v) is 7.09. The molecule has 0 aromatic heterocycles. The van der Waals surface area contributed by atoms with Gasteiger partial charge in [-0.3, -0.25) is 4.79 Å². The first kappa shape index (κ1) is 14.3. The van der Waals surface area contributed by atoms with Gasteiger partial charge in [-0.25, -0.2) is 0 Å². The second-order valence-corrected chi connectivity index (χ2v) is 4.90. The Morgan fingerprint density at radius 3 is 2.77 bits per heavy atom. The predicted molar refractivity (Wildman–Crippen MR) is 82.9 cm³/mol. The van der Waals surface area contributed by atoms with Gasteiger partial charge < -0.3 is 19.5 Å². The van der Waals surface area contributed by atoms with Crippen LogP contribution in [0.2, 0.25) is 0 Å². The maximum Gasteiger partial charge on any atom is 0.255 e. The molecule has 1 amide bonds.